The van der Waals surface area contributed by atoms with Gasteiger partial charge in [-0.1, -0.05) is 17.3 Å². The first-order valence-electron chi connectivity index (χ1n) is 7.97. The maximum atomic E-state index is 13.0. The Morgan fingerprint density at radius 1 is 1.19 bits per heavy atom. The third kappa shape index (κ3) is 3.92. The fraction of sp³-hybridized carbons (Fsp3) is 0.222. The number of hydrogen-bond acceptors (Lipinski definition) is 6. The van der Waals surface area contributed by atoms with Gasteiger partial charge < -0.3 is 4.52 Å². The van der Waals surface area contributed by atoms with E-state index in [0.717, 1.165) is 5.56 Å². The number of rotatable bonds is 6. The van der Waals surface area contributed by atoms with Crippen molar-refractivity contribution < 1.29 is 13.8 Å². The number of benzene rings is 2. The zero-order valence-corrected chi connectivity index (χ0v) is 14.3. The SMILES string of the molecule is CC(c1ccc(F)cc1)N(C)Cc1nc(-c2ccc([N+](=O)[O-])cc2)no1. The summed E-state index contributed by atoms with van der Waals surface area (Å²) in [6.45, 7) is 2.42. The van der Waals surface area contributed by atoms with Crippen molar-refractivity contribution in [3.8, 4) is 11.4 Å². The van der Waals surface area contributed by atoms with Gasteiger partial charge in [-0.05, 0) is 43.8 Å². The molecule has 0 aliphatic rings. The molecule has 0 saturated carbocycles. The van der Waals surface area contributed by atoms with Gasteiger partial charge in [-0.25, -0.2) is 4.39 Å². The first-order valence-corrected chi connectivity index (χ1v) is 7.97. The minimum Gasteiger partial charge on any atom is -0.338 e. The van der Waals surface area contributed by atoms with E-state index in [1.54, 1.807) is 24.3 Å². The molecule has 0 radical (unpaired) electrons. The molecule has 7 nitrogen and oxygen atoms in total. The van der Waals surface area contributed by atoms with E-state index in [4.69, 9.17) is 4.52 Å². The molecular weight excluding hydrogens is 339 g/mol. The van der Waals surface area contributed by atoms with Crippen LogP contribution >= 0.6 is 0 Å². The number of nitro benzene ring substituents is 1. The van der Waals surface area contributed by atoms with Gasteiger partial charge >= 0.3 is 0 Å². The predicted octanol–water partition coefficient (Wildman–Crippen LogP) is 3.98. The van der Waals surface area contributed by atoms with Crippen LogP contribution in [0, 0.1) is 15.9 Å². The first-order chi connectivity index (χ1) is 12.4. The Morgan fingerprint density at radius 3 is 2.46 bits per heavy atom. The molecular formula is C18H17FN4O3. The maximum absolute atomic E-state index is 13.0. The van der Waals surface area contributed by atoms with Crippen LogP contribution in [-0.4, -0.2) is 27.0 Å². The molecule has 1 atom stereocenters. The lowest BCUT2D eigenvalue weighted by Gasteiger charge is -2.23. The van der Waals surface area contributed by atoms with E-state index in [-0.39, 0.29) is 17.5 Å². The molecule has 1 unspecified atom stereocenters. The fourth-order valence-corrected chi connectivity index (χ4v) is 2.51. The van der Waals surface area contributed by atoms with Gasteiger partial charge in [0.1, 0.15) is 5.82 Å². The zero-order valence-electron chi connectivity index (χ0n) is 14.3. The Labute approximate surface area is 149 Å². The summed E-state index contributed by atoms with van der Waals surface area (Å²) >= 11 is 0. The average molecular weight is 356 g/mol. The van der Waals surface area contributed by atoms with Crippen molar-refractivity contribution in [1.82, 2.24) is 15.0 Å². The van der Waals surface area contributed by atoms with Gasteiger partial charge in [0.25, 0.3) is 5.69 Å². The Hall–Kier alpha value is -3.13. The van der Waals surface area contributed by atoms with E-state index in [1.807, 2.05) is 18.9 Å². The van der Waals surface area contributed by atoms with Crippen LogP contribution in [0.3, 0.4) is 0 Å². The Balaban J connectivity index is 1.69. The van der Waals surface area contributed by atoms with Crippen LogP contribution in [0.4, 0.5) is 10.1 Å². The predicted molar refractivity (Wildman–Crippen MR) is 92.7 cm³/mol. The van der Waals surface area contributed by atoms with Crippen LogP contribution in [0.1, 0.15) is 24.4 Å². The zero-order chi connectivity index (χ0) is 18.7. The maximum Gasteiger partial charge on any atom is 0.269 e. The smallest absolute Gasteiger partial charge is 0.269 e. The van der Waals surface area contributed by atoms with Crippen LogP contribution in [0.2, 0.25) is 0 Å². The summed E-state index contributed by atoms with van der Waals surface area (Å²) in [5.74, 6) is 0.529. The van der Waals surface area contributed by atoms with Crippen molar-refractivity contribution in [2.45, 2.75) is 19.5 Å². The van der Waals surface area contributed by atoms with Gasteiger partial charge in [0.05, 0.1) is 11.5 Å². The van der Waals surface area contributed by atoms with Gasteiger partial charge in [-0.2, -0.15) is 4.98 Å². The highest BCUT2D eigenvalue weighted by Crippen LogP contribution is 2.23. The van der Waals surface area contributed by atoms with Crippen LogP contribution in [-0.2, 0) is 6.54 Å². The summed E-state index contributed by atoms with van der Waals surface area (Å²) in [4.78, 5) is 16.6. The Bertz CT molecular complexity index is 894. The largest absolute Gasteiger partial charge is 0.338 e. The topological polar surface area (TPSA) is 85.3 Å². The molecule has 3 aromatic rings. The summed E-state index contributed by atoms with van der Waals surface area (Å²) in [6, 6.07) is 12.3. The van der Waals surface area contributed by atoms with Crippen LogP contribution < -0.4 is 0 Å². The molecule has 0 bridgehead atoms. The second-order valence-corrected chi connectivity index (χ2v) is 5.96. The van der Waals surface area contributed by atoms with Crippen molar-refractivity contribution in [2.75, 3.05) is 7.05 Å². The van der Waals surface area contributed by atoms with Gasteiger partial charge in [-0.3, -0.25) is 15.0 Å². The third-order valence-electron chi connectivity index (χ3n) is 4.20. The Kier molecular flexibility index (Phi) is 5.04. The molecule has 2 aromatic carbocycles. The molecule has 0 N–H and O–H groups in total. The molecule has 0 spiro atoms. The van der Waals surface area contributed by atoms with E-state index >= 15 is 0 Å². The van der Waals surface area contributed by atoms with Gasteiger partial charge in [0.2, 0.25) is 11.7 Å². The lowest BCUT2D eigenvalue weighted by molar-refractivity contribution is -0.384. The molecule has 134 valence electrons. The highest BCUT2D eigenvalue weighted by Gasteiger charge is 2.16. The van der Waals surface area contributed by atoms with E-state index in [9.17, 15) is 14.5 Å². The lowest BCUT2D eigenvalue weighted by Crippen LogP contribution is -2.22. The van der Waals surface area contributed by atoms with Crippen molar-refractivity contribution in [3.05, 3.63) is 75.9 Å². The first kappa shape index (κ1) is 17.7. The fourth-order valence-electron chi connectivity index (χ4n) is 2.51. The molecule has 0 fully saturated rings. The molecule has 26 heavy (non-hydrogen) atoms. The highest BCUT2D eigenvalue weighted by molar-refractivity contribution is 5.56. The molecule has 0 aliphatic heterocycles. The normalized spacial score (nSPS) is 12.3. The lowest BCUT2D eigenvalue weighted by atomic mass is 10.1. The number of hydrogen-bond donors (Lipinski definition) is 0. The second-order valence-electron chi connectivity index (χ2n) is 5.96. The number of non-ortho nitro benzene ring substituents is 1. The molecule has 8 heteroatoms. The summed E-state index contributed by atoms with van der Waals surface area (Å²) in [6.07, 6.45) is 0. The quantitative estimate of drug-likeness (QED) is 0.491. The summed E-state index contributed by atoms with van der Waals surface area (Å²) in [5, 5.41) is 14.6. The highest BCUT2D eigenvalue weighted by atomic mass is 19.1. The van der Waals surface area contributed by atoms with Crippen LogP contribution in [0.15, 0.2) is 53.1 Å². The minimum absolute atomic E-state index is 0.00493. The van der Waals surface area contributed by atoms with E-state index in [2.05, 4.69) is 10.1 Å². The Morgan fingerprint density at radius 2 is 1.85 bits per heavy atom. The van der Waals surface area contributed by atoms with Crippen LogP contribution in [0.25, 0.3) is 11.4 Å². The second kappa shape index (κ2) is 7.40. The third-order valence-corrected chi connectivity index (χ3v) is 4.20. The van der Waals surface area contributed by atoms with Crippen LogP contribution in [0.5, 0.6) is 0 Å². The van der Waals surface area contributed by atoms with Gasteiger partial charge in [-0.15, -0.1) is 0 Å². The number of nitrogens with zero attached hydrogens (tertiary/aromatic N) is 4. The van der Waals surface area contributed by atoms with Gasteiger partial charge in [0, 0.05) is 23.7 Å². The van der Waals surface area contributed by atoms with E-state index in [0.29, 0.717) is 23.8 Å². The minimum atomic E-state index is -0.461. The monoisotopic (exact) mass is 356 g/mol. The molecule has 0 aliphatic carbocycles. The van der Waals surface area contributed by atoms with Crippen molar-refractivity contribution in [1.29, 1.82) is 0 Å². The molecule has 0 saturated heterocycles. The molecule has 0 amide bonds. The number of halogens is 1. The van der Waals surface area contributed by atoms with Crippen molar-refractivity contribution in [3.63, 3.8) is 0 Å². The summed E-state index contributed by atoms with van der Waals surface area (Å²) in [7, 11) is 1.91. The molecule has 1 aromatic heterocycles. The van der Waals surface area contributed by atoms with E-state index in [1.165, 1.54) is 24.3 Å². The van der Waals surface area contributed by atoms with E-state index < -0.39 is 4.92 Å². The van der Waals surface area contributed by atoms with Crippen molar-refractivity contribution in [2.24, 2.45) is 0 Å². The van der Waals surface area contributed by atoms with Crippen molar-refractivity contribution >= 4 is 5.69 Å². The average Bonchev–Trinajstić information content (AvgIpc) is 3.10. The number of aromatic nitrogens is 2. The molecule has 1 heterocycles. The number of nitro groups is 1. The molecule has 3 rings (SSSR count). The standard InChI is InChI=1S/C18H17FN4O3/c1-12(13-3-7-15(19)8-4-13)22(2)11-17-20-18(21-26-17)14-5-9-16(10-6-14)23(24)25/h3-10,12H,11H2,1-2H3. The summed E-state index contributed by atoms with van der Waals surface area (Å²) < 4.78 is 18.3. The van der Waals surface area contributed by atoms with Gasteiger partial charge in [0.15, 0.2) is 0 Å². The summed E-state index contributed by atoms with van der Waals surface area (Å²) in [5.41, 5.74) is 1.62.